The zero-order valence-electron chi connectivity index (χ0n) is 15.7. The van der Waals surface area contributed by atoms with Crippen LogP contribution in [0.4, 0.5) is 4.39 Å². The van der Waals surface area contributed by atoms with E-state index < -0.39 is 5.97 Å². The second-order valence-electron chi connectivity index (χ2n) is 6.28. The molecule has 0 unspecified atom stereocenters. The Hall–Kier alpha value is -3.15. The molecular weight excluding hydrogens is 347 g/mol. The summed E-state index contributed by atoms with van der Waals surface area (Å²) in [6.07, 6.45) is 1.69. The maximum Gasteiger partial charge on any atom is 0.343 e. The van der Waals surface area contributed by atoms with Crippen molar-refractivity contribution in [3.63, 3.8) is 0 Å². The van der Waals surface area contributed by atoms with Gasteiger partial charge in [0, 0.05) is 11.4 Å². The van der Waals surface area contributed by atoms with Crippen LogP contribution in [0.15, 0.2) is 52.4 Å². The summed E-state index contributed by atoms with van der Waals surface area (Å²) in [6.45, 7) is 7.30. The number of aliphatic imine (C=N–C) groups is 1. The van der Waals surface area contributed by atoms with E-state index in [0.717, 1.165) is 17.0 Å². The summed E-state index contributed by atoms with van der Waals surface area (Å²) in [5.74, 6) is -1.13. The number of halogens is 1. The molecule has 0 spiro atoms. The van der Waals surface area contributed by atoms with Gasteiger partial charge >= 0.3 is 5.97 Å². The van der Waals surface area contributed by atoms with Gasteiger partial charge in [-0.3, -0.25) is 0 Å². The van der Waals surface area contributed by atoms with Crippen molar-refractivity contribution in [2.24, 2.45) is 4.99 Å². The summed E-state index contributed by atoms with van der Waals surface area (Å²) in [5.41, 5.74) is 3.64. The molecule has 2 heterocycles. The summed E-state index contributed by atoms with van der Waals surface area (Å²) < 4.78 is 21.0. The predicted octanol–water partition coefficient (Wildman–Crippen LogP) is 4.42. The fraction of sp³-hybridized carbons (Fsp3) is 0.238. The van der Waals surface area contributed by atoms with Crippen LogP contribution in [0.1, 0.15) is 30.8 Å². The number of carbonyl (C=O) groups excluding carboxylic acids is 1. The van der Waals surface area contributed by atoms with Crippen LogP contribution in [-0.4, -0.2) is 28.0 Å². The van der Waals surface area contributed by atoms with Crippen LogP contribution in [-0.2, 0) is 9.53 Å². The van der Waals surface area contributed by atoms with E-state index in [-0.39, 0.29) is 29.5 Å². The number of rotatable bonds is 4. The number of nitrogens with zero attached hydrogens (tertiary/aromatic N) is 2. The summed E-state index contributed by atoms with van der Waals surface area (Å²) in [7, 11) is 0. The van der Waals surface area contributed by atoms with Gasteiger partial charge in [-0.15, -0.1) is 0 Å². The number of aliphatic hydroxyl groups is 1. The average molecular weight is 368 g/mol. The van der Waals surface area contributed by atoms with Crippen molar-refractivity contribution in [3.8, 4) is 5.69 Å². The highest BCUT2D eigenvalue weighted by Crippen LogP contribution is 2.29. The van der Waals surface area contributed by atoms with Gasteiger partial charge in [-0.1, -0.05) is 12.1 Å². The molecule has 1 aromatic carbocycles. The van der Waals surface area contributed by atoms with E-state index in [9.17, 15) is 14.3 Å². The largest absolute Gasteiger partial charge is 0.505 e. The van der Waals surface area contributed by atoms with Gasteiger partial charge in [0.15, 0.2) is 5.76 Å². The van der Waals surface area contributed by atoms with Crippen molar-refractivity contribution in [2.45, 2.75) is 27.7 Å². The number of hydrogen-bond donors (Lipinski definition) is 1. The SMILES string of the molecule is CCOC(=O)C1=C(O)C(=Cc2cc(C)n(-c3ccccc3F)c2C)N=C1C. The molecule has 1 aliphatic rings. The van der Waals surface area contributed by atoms with Gasteiger partial charge in [-0.25, -0.2) is 14.2 Å². The van der Waals surface area contributed by atoms with E-state index >= 15 is 0 Å². The molecule has 0 radical (unpaired) electrons. The fourth-order valence-electron chi connectivity index (χ4n) is 3.22. The molecule has 27 heavy (non-hydrogen) atoms. The van der Waals surface area contributed by atoms with Gasteiger partial charge in [-0.2, -0.15) is 0 Å². The maximum absolute atomic E-state index is 14.2. The number of aryl methyl sites for hydroxylation is 1. The van der Waals surface area contributed by atoms with Gasteiger partial charge in [0.05, 0.1) is 18.0 Å². The molecule has 5 nitrogen and oxygen atoms in total. The molecule has 0 saturated heterocycles. The van der Waals surface area contributed by atoms with Gasteiger partial charge in [-0.05, 0) is 57.5 Å². The molecule has 0 bridgehead atoms. The lowest BCUT2D eigenvalue weighted by Gasteiger charge is -2.10. The minimum atomic E-state index is -0.600. The molecule has 3 rings (SSSR count). The van der Waals surface area contributed by atoms with Crippen molar-refractivity contribution >= 4 is 17.8 Å². The van der Waals surface area contributed by atoms with Gasteiger partial charge in [0.1, 0.15) is 17.1 Å². The summed E-state index contributed by atoms with van der Waals surface area (Å²) in [6, 6.07) is 8.43. The van der Waals surface area contributed by atoms with Crippen LogP contribution in [0.25, 0.3) is 11.8 Å². The van der Waals surface area contributed by atoms with Gasteiger partial charge in [0.25, 0.3) is 0 Å². The molecule has 0 fully saturated rings. The Morgan fingerprint density at radius 2 is 2.00 bits per heavy atom. The number of esters is 1. The van der Waals surface area contributed by atoms with Crippen LogP contribution < -0.4 is 0 Å². The number of hydrogen-bond acceptors (Lipinski definition) is 4. The third-order valence-corrected chi connectivity index (χ3v) is 4.46. The normalized spacial score (nSPS) is 15.4. The Balaban J connectivity index is 2.06. The number of aliphatic hydroxyl groups excluding tert-OH is 1. The van der Waals surface area contributed by atoms with E-state index in [1.165, 1.54) is 6.07 Å². The van der Waals surface area contributed by atoms with E-state index in [1.54, 1.807) is 42.7 Å². The number of aromatic nitrogens is 1. The number of para-hydroxylation sites is 1. The topological polar surface area (TPSA) is 63.8 Å². The lowest BCUT2D eigenvalue weighted by Crippen LogP contribution is -2.13. The minimum absolute atomic E-state index is 0.0750. The van der Waals surface area contributed by atoms with Crippen molar-refractivity contribution in [2.75, 3.05) is 6.61 Å². The first-order valence-corrected chi connectivity index (χ1v) is 8.67. The Kier molecular flexibility index (Phi) is 4.99. The molecule has 2 aromatic rings. The molecule has 1 aliphatic heterocycles. The van der Waals surface area contributed by atoms with Crippen LogP contribution in [0.3, 0.4) is 0 Å². The highest BCUT2D eigenvalue weighted by Gasteiger charge is 2.28. The van der Waals surface area contributed by atoms with E-state index in [1.807, 2.05) is 19.9 Å². The molecule has 6 heteroatoms. The molecule has 140 valence electrons. The van der Waals surface area contributed by atoms with E-state index in [0.29, 0.717) is 11.4 Å². The van der Waals surface area contributed by atoms with Crippen LogP contribution in [0, 0.1) is 19.7 Å². The maximum atomic E-state index is 14.2. The Morgan fingerprint density at radius 1 is 1.30 bits per heavy atom. The molecule has 1 aromatic heterocycles. The zero-order chi connectivity index (χ0) is 19.7. The Bertz CT molecular complexity index is 1010. The van der Waals surface area contributed by atoms with Crippen molar-refractivity contribution in [3.05, 3.63) is 70.1 Å². The van der Waals surface area contributed by atoms with E-state index in [4.69, 9.17) is 4.74 Å². The monoisotopic (exact) mass is 368 g/mol. The molecular formula is C21H21FN2O3. The van der Waals surface area contributed by atoms with Gasteiger partial charge in [0.2, 0.25) is 0 Å². The minimum Gasteiger partial charge on any atom is -0.505 e. The Labute approximate surface area is 157 Å². The lowest BCUT2D eigenvalue weighted by atomic mass is 10.1. The number of ether oxygens (including phenoxy) is 1. The van der Waals surface area contributed by atoms with Crippen LogP contribution in [0.5, 0.6) is 0 Å². The predicted molar refractivity (Wildman–Crippen MR) is 103 cm³/mol. The van der Waals surface area contributed by atoms with Crippen molar-refractivity contribution < 1.29 is 19.0 Å². The highest BCUT2D eigenvalue weighted by molar-refractivity contribution is 6.22. The fourth-order valence-corrected chi connectivity index (χ4v) is 3.22. The summed E-state index contributed by atoms with van der Waals surface area (Å²) in [5, 5.41) is 10.4. The number of benzene rings is 1. The first kappa shape index (κ1) is 18.6. The molecule has 1 N–H and O–H groups in total. The number of carbonyl (C=O) groups is 1. The first-order valence-electron chi connectivity index (χ1n) is 8.67. The summed E-state index contributed by atoms with van der Waals surface area (Å²) >= 11 is 0. The average Bonchev–Trinajstić information content (AvgIpc) is 3.04. The summed E-state index contributed by atoms with van der Waals surface area (Å²) in [4.78, 5) is 16.3. The highest BCUT2D eigenvalue weighted by atomic mass is 19.1. The molecule has 0 amide bonds. The van der Waals surface area contributed by atoms with Crippen molar-refractivity contribution in [1.82, 2.24) is 4.57 Å². The smallest absolute Gasteiger partial charge is 0.343 e. The first-order chi connectivity index (χ1) is 12.8. The standard InChI is InChI=1S/C21H21FN2O3/c1-5-27-21(26)19-13(3)23-17(20(19)25)11-15-10-12(2)24(14(15)4)18-9-7-6-8-16(18)22/h6-11,25H,5H2,1-4H3. The third kappa shape index (κ3) is 3.30. The Morgan fingerprint density at radius 3 is 2.67 bits per heavy atom. The van der Waals surface area contributed by atoms with Crippen LogP contribution in [0.2, 0.25) is 0 Å². The van der Waals surface area contributed by atoms with E-state index in [2.05, 4.69) is 4.99 Å². The second-order valence-corrected chi connectivity index (χ2v) is 6.28. The molecule has 0 saturated carbocycles. The quantitative estimate of drug-likeness (QED) is 0.813. The zero-order valence-corrected chi connectivity index (χ0v) is 15.7. The van der Waals surface area contributed by atoms with Crippen LogP contribution >= 0.6 is 0 Å². The van der Waals surface area contributed by atoms with Crippen molar-refractivity contribution in [1.29, 1.82) is 0 Å². The second kappa shape index (κ2) is 7.23. The third-order valence-electron chi connectivity index (χ3n) is 4.46. The molecule has 0 atom stereocenters. The lowest BCUT2D eigenvalue weighted by molar-refractivity contribution is -0.138. The molecule has 0 aliphatic carbocycles. The van der Waals surface area contributed by atoms with Gasteiger partial charge < -0.3 is 14.4 Å².